The maximum atomic E-state index is 12.9. The topological polar surface area (TPSA) is 98.3 Å². The highest BCUT2D eigenvalue weighted by Crippen LogP contribution is 2.51. The Labute approximate surface area is 175 Å². The average Bonchev–Trinajstić information content (AvgIpc) is 3.09. The molecule has 6 atom stereocenters. The summed E-state index contributed by atoms with van der Waals surface area (Å²) in [7, 11) is 4.78. The van der Waals surface area contributed by atoms with Gasteiger partial charge in [-0.1, -0.05) is 0 Å². The molecule has 3 amide bonds. The first-order chi connectivity index (χ1) is 14.3. The zero-order chi connectivity index (χ0) is 21.9. The van der Waals surface area contributed by atoms with Gasteiger partial charge in [-0.25, -0.2) is 14.7 Å². The molecule has 5 aliphatic rings. The second-order valence-corrected chi connectivity index (χ2v) is 8.06. The molecule has 0 radical (unpaired) electrons. The quantitative estimate of drug-likeness (QED) is 0.490. The molecule has 6 unspecified atom stereocenters. The zero-order valence-electron chi connectivity index (χ0n) is 18.2. The van der Waals surface area contributed by atoms with Gasteiger partial charge in [0.1, 0.15) is 57.2 Å². The van der Waals surface area contributed by atoms with Crippen molar-refractivity contribution in [3.05, 3.63) is 0 Å². The van der Waals surface area contributed by atoms with Gasteiger partial charge in [-0.05, 0) is 0 Å². The van der Waals surface area contributed by atoms with E-state index in [2.05, 4.69) is 4.90 Å². The van der Waals surface area contributed by atoms with Gasteiger partial charge < -0.3 is 14.2 Å². The number of hydrogen-bond donors (Lipinski definition) is 0. The molecule has 5 aliphatic heterocycles. The molecule has 5 saturated heterocycles. The fourth-order valence-electron chi connectivity index (χ4n) is 5.82. The largest absolute Gasteiger partial charge is 0.369 e. The number of carbonyl (C=O) groups excluding carboxylic acids is 3. The van der Waals surface area contributed by atoms with Crippen LogP contribution in [0.5, 0.6) is 0 Å². The van der Waals surface area contributed by atoms with Crippen LogP contribution in [0.15, 0.2) is 0 Å². The first-order valence-electron chi connectivity index (χ1n) is 9.92. The molecule has 12 heteroatoms. The predicted octanol–water partition coefficient (Wildman–Crippen LogP) is -1.74. The van der Waals surface area contributed by atoms with E-state index >= 15 is 0 Å². The van der Waals surface area contributed by atoms with Gasteiger partial charge in [0.2, 0.25) is 17.7 Å². The molecule has 0 aliphatic carbocycles. The van der Waals surface area contributed by atoms with E-state index in [1.54, 1.807) is 36.0 Å². The minimum atomic E-state index is -0.562. The van der Waals surface area contributed by atoms with Gasteiger partial charge in [-0.15, -0.1) is 0 Å². The van der Waals surface area contributed by atoms with Crippen molar-refractivity contribution in [1.29, 1.82) is 0 Å². The van der Waals surface area contributed by atoms with E-state index in [0.29, 0.717) is 0 Å². The van der Waals surface area contributed by atoms with Crippen molar-refractivity contribution in [2.45, 2.75) is 57.8 Å². The second-order valence-electron chi connectivity index (χ2n) is 8.06. The molecular formula is C18H30N6O6. The van der Waals surface area contributed by atoms with Crippen molar-refractivity contribution in [3.8, 4) is 0 Å². The van der Waals surface area contributed by atoms with Gasteiger partial charge in [-0.2, -0.15) is 0 Å². The Morgan fingerprint density at radius 2 is 0.800 bits per heavy atom. The van der Waals surface area contributed by atoms with E-state index in [1.807, 2.05) is 9.80 Å². The Morgan fingerprint density at radius 1 is 0.533 bits per heavy atom. The number of methoxy groups -OCH3 is 3. The highest BCUT2D eigenvalue weighted by atomic mass is 16.5. The summed E-state index contributed by atoms with van der Waals surface area (Å²) in [6.07, 6.45) is -2.82. The fraction of sp³-hybridized carbons (Fsp3) is 0.833. The van der Waals surface area contributed by atoms with Crippen LogP contribution in [0.25, 0.3) is 0 Å². The lowest BCUT2D eigenvalue weighted by Crippen LogP contribution is -2.75. The molecule has 6 bridgehead atoms. The van der Waals surface area contributed by atoms with Gasteiger partial charge in [0, 0.05) is 42.1 Å². The predicted molar refractivity (Wildman–Crippen MR) is 101 cm³/mol. The van der Waals surface area contributed by atoms with Crippen LogP contribution in [0.3, 0.4) is 0 Å². The molecule has 0 spiro atoms. The lowest BCUT2D eigenvalue weighted by Gasteiger charge is -2.54. The molecular weight excluding hydrogens is 396 g/mol. The van der Waals surface area contributed by atoms with Crippen LogP contribution in [0.1, 0.15) is 20.8 Å². The van der Waals surface area contributed by atoms with Gasteiger partial charge in [-0.3, -0.25) is 29.1 Å². The van der Waals surface area contributed by atoms with Crippen LogP contribution in [0.2, 0.25) is 0 Å². The van der Waals surface area contributed by atoms with E-state index in [0.717, 1.165) is 0 Å². The molecule has 0 saturated carbocycles. The van der Waals surface area contributed by atoms with E-state index in [4.69, 9.17) is 14.2 Å². The summed E-state index contributed by atoms with van der Waals surface area (Å²) in [4.78, 5) is 49.9. The van der Waals surface area contributed by atoms with Gasteiger partial charge in [0.15, 0.2) is 0 Å². The SMILES string of the molecule is COCN1C2C3N(C(C)=O)C(C4N(COC)C1C(N4C(C)=O)N3C(C)=O)N2COC. The zero-order valence-corrected chi connectivity index (χ0v) is 18.2. The smallest absolute Gasteiger partial charge is 0.222 e. The molecule has 5 rings (SSSR count). The van der Waals surface area contributed by atoms with Gasteiger partial charge in [0.05, 0.1) is 0 Å². The minimum absolute atomic E-state index is 0.177. The Hall–Kier alpha value is -1.83. The third-order valence-electron chi connectivity index (χ3n) is 6.47. The van der Waals surface area contributed by atoms with Crippen molar-refractivity contribution >= 4 is 17.7 Å². The molecule has 0 N–H and O–H groups in total. The Balaban J connectivity index is 2.00. The van der Waals surface area contributed by atoms with Crippen molar-refractivity contribution in [2.24, 2.45) is 0 Å². The van der Waals surface area contributed by atoms with Crippen molar-refractivity contribution in [2.75, 3.05) is 41.5 Å². The minimum Gasteiger partial charge on any atom is -0.369 e. The maximum Gasteiger partial charge on any atom is 0.222 e. The summed E-state index contributed by atoms with van der Waals surface area (Å²) >= 11 is 0. The lowest BCUT2D eigenvalue weighted by atomic mass is 10.1. The van der Waals surface area contributed by atoms with Crippen LogP contribution >= 0.6 is 0 Å². The monoisotopic (exact) mass is 426 g/mol. The molecule has 12 nitrogen and oxygen atoms in total. The Bertz CT molecular complexity index is 688. The van der Waals surface area contributed by atoms with Crippen LogP contribution in [-0.4, -0.2) is 126 Å². The number of carbonyl (C=O) groups is 3. The number of ether oxygens (including phenoxy) is 3. The Kier molecular flexibility index (Phi) is 5.49. The van der Waals surface area contributed by atoms with Crippen molar-refractivity contribution in [3.63, 3.8) is 0 Å². The lowest BCUT2D eigenvalue weighted by molar-refractivity contribution is -0.197. The summed E-state index contributed by atoms with van der Waals surface area (Å²) in [6, 6.07) is 0. The van der Waals surface area contributed by atoms with E-state index in [-0.39, 0.29) is 50.2 Å². The number of nitrogens with zero attached hydrogens (tertiary/aromatic N) is 6. The van der Waals surface area contributed by atoms with Crippen molar-refractivity contribution < 1.29 is 28.6 Å². The van der Waals surface area contributed by atoms with E-state index in [9.17, 15) is 14.4 Å². The summed E-state index contributed by atoms with van der Waals surface area (Å²) < 4.78 is 16.5. The van der Waals surface area contributed by atoms with E-state index < -0.39 is 24.7 Å². The third-order valence-corrected chi connectivity index (χ3v) is 6.47. The van der Waals surface area contributed by atoms with Gasteiger partial charge >= 0.3 is 0 Å². The number of rotatable bonds is 6. The number of amides is 3. The molecule has 0 aromatic rings. The first-order valence-corrected chi connectivity index (χ1v) is 9.92. The van der Waals surface area contributed by atoms with Gasteiger partial charge in [0.25, 0.3) is 0 Å². The molecule has 168 valence electrons. The normalized spacial score (nSPS) is 35.6. The summed E-state index contributed by atoms with van der Waals surface area (Å²) in [5, 5.41) is 0. The number of piperazine rings is 1. The summed E-state index contributed by atoms with van der Waals surface area (Å²) in [5.41, 5.74) is 0. The van der Waals surface area contributed by atoms with Crippen LogP contribution in [-0.2, 0) is 28.6 Å². The molecule has 30 heavy (non-hydrogen) atoms. The van der Waals surface area contributed by atoms with Crippen LogP contribution in [0.4, 0.5) is 0 Å². The molecule has 5 heterocycles. The summed E-state index contributed by atoms with van der Waals surface area (Å²) in [5.74, 6) is -0.555. The summed E-state index contributed by atoms with van der Waals surface area (Å²) in [6.45, 7) is 5.16. The highest BCUT2D eigenvalue weighted by Gasteiger charge is 2.73. The molecule has 0 aromatic heterocycles. The van der Waals surface area contributed by atoms with Crippen molar-refractivity contribution in [1.82, 2.24) is 29.4 Å². The maximum absolute atomic E-state index is 12.9. The highest BCUT2D eigenvalue weighted by molar-refractivity contribution is 5.81. The van der Waals surface area contributed by atoms with E-state index in [1.165, 1.54) is 20.8 Å². The van der Waals surface area contributed by atoms with Crippen LogP contribution in [0, 0.1) is 0 Å². The number of hydrogen-bond acceptors (Lipinski definition) is 9. The first kappa shape index (κ1) is 21.4. The average molecular weight is 426 g/mol. The second kappa shape index (κ2) is 7.70. The van der Waals surface area contributed by atoms with Crippen LogP contribution < -0.4 is 0 Å². The molecule has 5 fully saturated rings. The fourth-order valence-corrected chi connectivity index (χ4v) is 5.82. The standard InChI is InChI=1S/C18H30N6O6/c1-10(25)22-15-16-21(9-30-6)14-18(23(16)11(2)26)24(12(3)27)17(22)13(19(14)7-28-4)20(15)8-29-5/h13-18H,7-9H2,1-6H3. The third kappa shape index (κ3) is 2.65. The Morgan fingerprint density at radius 3 is 1.07 bits per heavy atom. The molecule has 0 aromatic carbocycles.